The molecule has 6 rings (SSSR count). The molecule has 2 unspecified atom stereocenters. The van der Waals surface area contributed by atoms with E-state index in [9.17, 15) is 8.78 Å². The standard InChI is InChI=1S/C30H27F3N4O/c1-4-20-23(32)10-9-18-7-5-8-21(24(18)20)27-25(33)28-22(14-34-27)26(17(2)3)35-29(36-28)38-16-30-11-6-12-37(30)15-19(31)13-30/h1,5,7-10,14,17,19H,6,11-13,15-16H2,2-3H3. The van der Waals surface area contributed by atoms with Gasteiger partial charge in [0.1, 0.15) is 29.8 Å². The Bertz CT molecular complexity index is 1620. The maximum absolute atomic E-state index is 16.2. The fourth-order valence-electron chi connectivity index (χ4n) is 6.09. The van der Waals surface area contributed by atoms with Crippen molar-refractivity contribution in [1.82, 2.24) is 19.9 Å². The Morgan fingerprint density at radius 1 is 1.21 bits per heavy atom. The maximum atomic E-state index is 16.2. The first-order valence-corrected chi connectivity index (χ1v) is 12.9. The molecule has 0 N–H and O–H groups in total. The third kappa shape index (κ3) is 3.88. The van der Waals surface area contributed by atoms with E-state index in [1.54, 1.807) is 30.5 Å². The van der Waals surface area contributed by atoms with E-state index in [4.69, 9.17) is 11.2 Å². The summed E-state index contributed by atoms with van der Waals surface area (Å²) in [4.78, 5) is 15.6. The van der Waals surface area contributed by atoms with E-state index in [0.717, 1.165) is 19.4 Å². The third-order valence-electron chi connectivity index (χ3n) is 7.87. The fraction of sp³-hybridized carbons (Fsp3) is 0.367. The van der Waals surface area contributed by atoms with Crippen LogP contribution in [-0.2, 0) is 0 Å². The van der Waals surface area contributed by atoms with Crippen molar-refractivity contribution >= 4 is 21.7 Å². The van der Waals surface area contributed by atoms with Gasteiger partial charge < -0.3 is 4.74 Å². The molecule has 2 saturated heterocycles. The van der Waals surface area contributed by atoms with Gasteiger partial charge in [0, 0.05) is 35.5 Å². The minimum Gasteiger partial charge on any atom is -0.461 e. The second-order valence-electron chi connectivity index (χ2n) is 10.6. The number of hydrogen-bond acceptors (Lipinski definition) is 5. The van der Waals surface area contributed by atoms with E-state index in [0.29, 0.717) is 40.4 Å². The van der Waals surface area contributed by atoms with Gasteiger partial charge in [-0.25, -0.2) is 13.2 Å². The van der Waals surface area contributed by atoms with E-state index in [-0.39, 0.29) is 40.8 Å². The van der Waals surface area contributed by atoms with Gasteiger partial charge >= 0.3 is 6.01 Å². The molecule has 0 bridgehead atoms. The topological polar surface area (TPSA) is 51.1 Å². The van der Waals surface area contributed by atoms with Crippen LogP contribution in [-0.4, -0.2) is 51.3 Å². The van der Waals surface area contributed by atoms with E-state index >= 15 is 4.39 Å². The molecule has 8 heteroatoms. The Morgan fingerprint density at radius 2 is 2.05 bits per heavy atom. The third-order valence-corrected chi connectivity index (χ3v) is 7.87. The summed E-state index contributed by atoms with van der Waals surface area (Å²) >= 11 is 0. The molecule has 2 aromatic carbocycles. The Hall–Kier alpha value is -3.70. The Labute approximate surface area is 219 Å². The highest BCUT2D eigenvalue weighted by atomic mass is 19.1. The lowest BCUT2D eigenvalue weighted by Crippen LogP contribution is -2.43. The highest BCUT2D eigenvalue weighted by Gasteiger charge is 2.49. The van der Waals surface area contributed by atoms with E-state index in [1.165, 1.54) is 6.07 Å². The molecule has 4 heterocycles. The minimum absolute atomic E-state index is 0.0150. The normalized spacial score (nSPS) is 21.3. The summed E-state index contributed by atoms with van der Waals surface area (Å²) < 4.78 is 51.1. The number of alkyl halides is 1. The molecule has 0 spiro atoms. The number of halogens is 3. The molecule has 2 aliphatic rings. The van der Waals surface area contributed by atoms with Crippen LogP contribution in [0, 0.1) is 24.0 Å². The number of fused-ring (bicyclic) bond motifs is 3. The molecule has 2 aromatic heterocycles. The van der Waals surface area contributed by atoms with Gasteiger partial charge in [0.05, 0.1) is 16.8 Å². The first-order valence-electron chi connectivity index (χ1n) is 12.9. The molecule has 194 valence electrons. The van der Waals surface area contributed by atoms with Crippen molar-refractivity contribution in [3.8, 4) is 29.6 Å². The first kappa shape index (κ1) is 24.6. The van der Waals surface area contributed by atoms with Gasteiger partial charge in [-0.1, -0.05) is 44.0 Å². The van der Waals surface area contributed by atoms with Crippen molar-refractivity contribution in [3.05, 3.63) is 59.4 Å². The smallest absolute Gasteiger partial charge is 0.317 e. The van der Waals surface area contributed by atoms with Crippen LogP contribution in [0.25, 0.3) is 32.9 Å². The molecule has 0 amide bonds. The minimum atomic E-state index is -0.882. The number of hydrogen-bond donors (Lipinski definition) is 0. The van der Waals surface area contributed by atoms with Gasteiger partial charge in [0.15, 0.2) is 5.82 Å². The van der Waals surface area contributed by atoms with E-state index in [1.807, 2.05) is 13.8 Å². The molecule has 2 fully saturated rings. The predicted octanol–water partition coefficient (Wildman–Crippen LogP) is 6.18. The molecule has 0 radical (unpaired) electrons. The van der Waals surface area contributed by atoms with Crippen LogP contribution in [0.2, 0.25) is 0 Å². The summed E-state index contributed by atoms with van der Waals surface area (Å²) in [5, 5.41) is 1.57. The van der Waals surface area contributed by atoms with Crippen LogP contribution in [0.5, 0.6) is 6.01 Å². The fourth-order valence-corrected chi connectivity index (χ4v) is 6.09. The van der Waals surface area contributed by atoms with Crippen molar-refractivity contribution in [3.63, 3.8) is 0 Å². The SMILES string of the molecule is C#Cc1c(F)ccc2cccc(-c3ncc4c(C(C)C)nc(OCC56CCCN5CC(F)C6)nc4c3F)c12. The van der Waals surface area contributed by atoms with Crippen molar-refractivity contribution in [1.29, 1.82) is 0 Å². The lowest BCUT2D eigenvalue weighted by Gasteiger charge is -2.30. The molecule has 2 atom stereocenters. The second-order valence-corrected chi connectivity index (χ2v) is 10.6. The van der Waals surface area contributed by atoms with Crippen molar-refractivity contribution < 1.29 is 17.9 Å². The molecule has 0 saturated carbocycles. The van der Waals surface area contributed by atoms with Crippen LogP contribution in [0.15, 0.2) is 36.5 Å². The Morgan fingerprint density at radius 3 is 2.84 bits per heavy atom. The molecule has 2 aliphatic heterocycles. The van der Waals surface area contributed by atoms with Crippen LogP contribution in [0.4, 0.5) is 13.2 Å². The number of benzene rings is 2. The first-order chi connectivity index (χ1) is 18.3. The van der Waals surface area contributed by atoms with Gasteiger partial charge in [-0.2, -0.15) is 9.97 Å². The van der Waals surface area contributed by atoms with Gasteiger partial charge in [-0.05, 0) is 36.8 Å². The number of terminal acetylenes is 1. The zero-order valence-electron chi connectivity index (χ0n) is 21.3. The number of ether oxygens (including phenoxy) is 1. The summed E-state index contributed by atoms with van der Waals surface area (Å²) in [6.45, 7) is 5.39. The second kappa shape index (κ2) is 9.25. The summed E-state index contributed by atoms with van der Waals surface area (Å²) in [5.74, 6) is 1.12. The lowest BCUT2D eigenvalue weighted by atomic mass is 9.95. The average Bonchev–Trinajstić information content (AvgIpc) is 3.43. The molecule has 4 aromatic rings. The molecule has 5 nitrogen and oxygen atoms in total. The zero-order chi connectivity index (χ0) is 26.6. The average molecular weight is 517 g/mol. The van der Waals surface area contributed by atoms with Gasteiger partial charge in [-0.15, -0.1) is 6.42 Å². The molecule has 0 aliphatic carbocycles. The summed E-state index contributed by atoms with van der Waals surface area (Å²) in [6, 6.07) is 8.17. The van der Waals surface area contributed by atoms with Crippen LogP contribution in [0.3, 0.4) is 0 Å². The molecular weight excluding hydrogens is 489 g/mol. The van der Waals surface area contributed by atoms with Crippen molar-refractivity contribution in [2.45, 2.75) is 50.7 Å². The number of aromatic nitrogens is 3. The summed E-state index contributed by atoms with van der Waals surface area (Å²) in [6.07, 6.45) is 8.53. The lowest BCUT2D eigenvalue weighted by molar-refractivity contribution is 0.107. The van der Waals surface area contributed by atoms with Gasteiger partial charge in [0.25, 0.3) is 0 Å². The quantitative estimate of drug-likeness (QED) is 0.297. The Balaban J connectivity index is 1.47. The number of rotatable bonds is 5. The van der Waals surface area contributed by atoms with Crippen LogP contribution < -0.4 is 4.74 Å². The largest absolute Gasteiger partial charge is 0.461 e. The molecular formula is C30H27F3N4O. The van der Waals surface area contributed by atoms with Crippen LogP contribution in [0.1, 0.15) is 50.3 Å². The van der Waals surface area contributed by atoms with E-state index in [2.05, 4.69) is 25.8 Å². The predicted molar refractivity (Wildman–Crippen MR) is 141 cm³/mol. The highest BCUT2D eigenvalue weighted by molar-refractivity contribution is 6.01. The van der Waals surface area contributed by atoms with Gasteiger partial charge in [-0.3, -0.25) is 9.88 Å². The van der Waals surface area contributed by atoms with E-state index < -0.39 is 17.8 Å². The number of pyridine rings is 1. The molecule has 38 heavy (non-hydrogen) atoms. The summed E-state index contributed by atoms with van der Waals surface area (Å²) in [7, 11) is 0. The van der Waals surface area contributed by atoms with Crippen molar-refractivity contribution in [2.75, 3.05) is 19.7 Å². The summed E-state index contributed by atoms with van der Waals surface area (Å²) in [5.41, 5.74) is 0.734. The van der Waals surface area contributed by atoms with Gasteiger partial charge in [0.2, 0.25) is 0 Å². The maximum Gasteiger partial charge on any atom is 0.317 e. The zero-order valence-corrected chi connectivity index (χ0v) is 21.3. The number of nitrogens with zero attached hydrogens (tertiary/aromatic N) is 4. The van der Waals surface area contributed by atoms with Crippen molar-refractivity contribution in [2.24, 2.45) is 0 Å². The van der Waals surface area contributed by atoms with Crippen LogP contribution >= 0.6 is 0 Å². The Kier molecular flexibility index (Phi) is 5.99. The monoisotopic (exact) mass is 516 g/mol. The highest BCUT2D eigenvalue weighted by Crippen LogP contribution is 2.41.